The third-order valence-corrected chi connectivity index (χ3v) is 3.87. The van der Waals surface area contributed by atoms with Crippen LogP contribution in [0.25, 0.3) is 0 Å². The van der Waals surface area contributed by atoms with Crippen molar-refractivity contribution in [2.45, 2.75) is 17.9 Å². The van der Waals surface area contributed by atoms with Gasteiger partial charge in [-0.2, -0.15) is 26.3 Å². The van der Waals surface area contributed by atoms with Gasteiger partial charge in [-0.25, -0.2) is 9.59 Å². The Morgan fingerprint density at radius 3 is 1.68 bits per heavy atom. The Labute approximate surface area is 153 Å². The Morgan fingerprint density at radius 1 is 0.750 bits per heavy atom. The van der Waals surface area contributed by atoms with Gasteiger partial charge in [0.1, 0.15) is 0 Å². The first-order valence-corrected chi connectivity index (χ1v) is 7.39. The van der Waals surface area contributed by atoms with Gasteiger partial charge in [-0.3, -0.25) is 0 Å². The van der Waals surface area contributed by atoms with Crippen molar-refractivity contribution < 1.29 is 46.1 Å². The fourth-order valence-corrected chi connectivity index (χ4v) is 2.58. The maximum absolute atomic E-state index is 13.8. The normalized spacial score (nSPS) is 12.5. The van der Waals surface area contributed by atoms with E-state index in [1.165, 1.54) is 23.5 Å². The minimum absolute atomic E-state index is 0.0582. The maximum Gasteiger partial charge on any atom is 0.424 e. The van der Waals surface area contributed by atoms with E-state index in [-0.39, 0.29) is 12.1 Å². The van der Waals surface area contributed by atoms with Crippen LogP contribution in [-0.4, -0.2) is 34.5 Å². The van der Waals surface area contributed by atoms with Gasteiger partial charge in [-0.15, -0.1) is 0 Å². The van der Waals surface area contributed by atoms with Crippen LogP contribution in [0.1, 0.15) is 26.3 Å². The van der Waals surface area contributed by atoms with Gasteiger partial charge in [-0.05, 0) is 29.8 Å². The lowest BCUT2D eigenvalue weighted by molar-refractivity contribution is -0.293. The zero-order valence-corrected chi connectivity index (χ0v) is 13.6. The van der Waals surface area contributed by atoms with Crippen LogP contribution >= 0.6 is 0 Å². The van der Waals surface area contributed by atoms with E-state index in [0.29, 0.717) is 6.07 Å². The number of carboxylic acid groups (broad SMARTS) is 2. The van der Waals surface area contributed by atoms with Gasteiger partial charge >= 0.3 is 24.3 Å². The Bertz CT molecular complexity index is 879. The summed E-state index contributed by atoms with van der Waals surface area (Å²) in [5.41, 5.74) is -8.88. The van der Waals surface area contributed by atoms with Crippen molar-refractivity contribution in [2.24, 2.45) is 0 Å². The van der Waals surface area contributed by atoms with Gasteiger partial charge in [0.2, 0.25) is 0 Å². The molecule has 0 radical (unpaired) electrons. The number of alkyl halides is 6. The molecule has 0 saturated carbocycles. The number of benzene rings is 2. The Morgan fingerprint density at radius 2 is 1.25 bits per heavy atom. The molecule has 2 aromatic rings. The first-order chi connectivity index (χ1) is 12.8. The van der Waals surface area contributed by atoms with Crippen LogP contribution < -0.4 is 5.32 Å². The molecule has 0 bridgehead atoms. The minimum atomic E-state index is -5.96. The number of aromatic carboxylic acids is 2. The summed E-state index contributed by atoms with van der Waals surface area (Å²) < 4.78 is 82.7. The van der Waals surface area contributed by atoms with E-state index in [1.807, 2.05) is 0 Å². The molecule has 2 aromatic carbocycles. The monoisotopic (exact) mass is 407 g/mol. The Balaban J connectivity index is 2.84. The molecule has 5 nitrogen and oxygen atoms in total. The molecule has 0 amide bonds. The summed E-state index contributed by atoms with van der Waals surface area (Å²) in [6, 6.07) is 6.45. The van der Waals surface area contributed by atoms with Gasteiger partial charge < -0.3 is 15.5 Å². The summed E-state index contributed by atoms with van der Waals surface area (Å²) in [6.07, 6.45) is -11.9. The second kappa shape index (κ2) is 7.06. The molecule has 150 valence electrons. The number of para-hydroxylation sites is 1. The summed E-state index contributed by atoms with van der Waals surface area (Å²) in [4.78, 5) is 22.3. The second-order valence-electron chi connectivity index (χ2n) is 5.61. The van der Waals surface area contributed by atoms with Crippen LogP contribution in [-0.2, 0) is 5.54 Å². The highest BCUT2D eigenvalue weighted by atomic mass is 19.4. The Hall–Kier alpha value is -3.24. The summed E-state index contributed by atoms with van der Waals surface area (Å²) >= 11 is 0. The molecule has 0 spiro atoms. The summed E-state index contributed by atoms with van der Waals surface area (Å²) in [5, 5.41) is 19.4. The average Bonchev–Trinajstić information content (AvgIpc) is 2.57. The van der Waals surface area contributed by atoms with Crippen LogP contribution in [0.4, 0.5) is 32.0 Å². The Kier molecular flexibility index (Phi) is 5.31. The predicted molar refractivity (Wildman–Crippen MR) is 84.2 cm³/mol. The van der Waals surface area contributed by atoms with Crippen molar-refractivity contribution in [3.63, 3.8) is 0 Å². The van der Waals surface area contributed by atoms with Crippen LogP contribution in [0.15, 0.2) is 48.5 Å². The third kappa shape index (κ3) is 3.59. The fraction of sp³-hybridized carbons (Fsp3) is 0.176. The lowest BCUT2D eigenvalue weighted by Gasteiger charge is -2.39. The largest absolute Gasteiger partial charge is 0.478 e. The lowest BCUT2D eigenvalue weighted by Crippen LogP contribution is -2.59. The molecule has 0 aliphatic heterocycles. The molecule has 0 aromatic heterocycles. The van der Waals surface area contributed by atoms with Crippen molar-refractivity contribution in [1.82, 2.24) is 0 Å². The van der Waals surface area contributed by atoms with Crippen molar-refractivity contribution in [1.29, 1.82) is 0 Å². The molecule has 0 saturated heterocycles. The molecule has 28 heavy (non-hydrogen) atoms. The molecule has 0 aliphatic rings. The third-order valence-electron chi connectivity index (χ3n) is 3.87. The SMILES string of the molecule is O=C(O)c1ccc(C(Nc2ccccc2)(C(F)(F)F)C(F)(F)F)cc1C(=O)O. The van der Waals surface area contributed by atoms with Gasteiger partial charge in [-0.1, -0.05) is 24.3 Å². The summed E-state index contributed by atoms with van der Waals surface area (Å²) in [7, 11) is 0. The number of rotatable bonds is 5. The number of carbonyl (C=O) groups is 2. The van der Waals surface area contributed by atoms with Gasteiger partial charge in [0.05, 0.1) is 11.1 Å². The quantitative estimate of drug-likeness (QED) is 0.635. The minimum Gasteiger partial charge on any atom is -0.478 e. The topological polar surface area (TPSA) is 86.6 Å². The van der Waals surface area contributed by atoms with E-state index in [1.54, 1.807) is 0 Å². The van der Waals surface area contributed by atoms with Crippen molar-refractivity contribution in [2.75, 3.05) is 5.32 Å². The van der Waals surface area contributed by atoms with E-state index in [4.69, 9.17) is 10.2 Å². The van der Waals surface area contributed by atoms with Crippen molar-refractivity contribution in [3.8, 4) is 0 Å². The molecule has 11 heteroatoms. The zero-order chi connectivity index (χ0) is 21.3. The number of anilines is 1. The second-order valence-corrected chi connectivity index (χ2v) is 5.61. The molecule has 3 N–H and O–H groups in total. The number of halogens is 6. The van der Waals surface area contributed by atoms with Gasteiger partial charge in [0.15, 0.2) is 0 Å². The van der Waals surface area contributed by atoms with E-state index < -0.39 is 52.2 Å². The predicted octanol–water partition coefficient (Wildman–Crippen LogP) is 4.52. The van der Waals surface area contributed by atoms with Gasteiger partial charge in [0, 0.05) is 5.69 Å². The highest BCUT2D eigenvalue weighted by Gasteiger charge is 2.72. The van der Waals surface area contributed by atoms with Gasteiger partial charge in [0.25, 0.3) is 5.54 Å². The molecule has 0 atom stereocenters. The fourth-order valence-electron chi connectivity index (χ4n) is 2.58. The molecule has 2 rings (SSSR count). The molecule has 0 unspecified atom stereocenters. The number of nitrogens with one attached hydrogen (secondary N) is 1. The van der Waals surface area contributed by atoms with E-state index in [2.05, 4.69) is 0 Å². The van der Waals surface area contributed by atoms with Crippen molar-refractivity contribution in [3.05, 3.63) is 65.2 Å². The summed E-state index contributed by atoms with van der Waals surface area (Å²) in [6.45, 7) is 0. The van der Waals surface area contributed by atoms with E-state index >= 15 is 0 Å². The first kappa shape index (κ1) is 21.1. The first-order valence-electron chi connectivity index (χ1n) is 7.39. The zero-order valence-electron chi connectivity index (χ0n) is 13.6. The molecule has 0 aliphatic carbocycles. The smallest absolute Gasteiger partial charge is 0.424 e. The number of carboxylic acids is 2. The maximum atomic E-state index is 13.8. The van der Waals surface area contributed by atoms with Crippen molar-refractivity contribution >= 4 is 17.6 Å². The van der Waals surface area contributed by atoms with E-state index in [0.717, 1.165) is 12.1 Å². The van der Waals surface area contributed by atoms with Crippen LogP contribution in [0.5, 0.6) is 0 Å². The standard InChI is InChI=1S/C17H11F6NO4/c18-16(19,20)15(17(21,22)23,24-10-4-2-1-3-5-10)9-6-7-11(13(25)26)12(8-9)14(27)28/h1-8,24H,(H,25,26)(H,27,28). The highest BCUT2D eigenvalue weighted by Crippen LogP contribution is 2.52. The summed E-state index contributed by atoms with van der Waals surface area (Å²) in [5.74, 6) is -3.80. The lowest BCUT2D eigenvalue weighted by atomic mass is 9.85. The average molecular weight is 407 g/mol. The molecular formula is C17H11F6NO4. The van der Waals surface area contributed by atoms with Crippen LogP contribution in [0.3, 0.4) is 0 Å². The number of hydrogen-bond acceptors (Lipinski definition) is 3. The van der Waals surface area contributed by atoms with E-state index in [9.17, 15) is 35.9 Å². The molecule has 0 fully saturated rings. The highest BCUT2D eigenvalue weighted by molar-refractivity contribution is 6.01. The van der Waals surface area contributed by atoms with Crippen LogP contribution in [0, 0.1) is 0 Å². The molecular weight excluding hydrogens is 396 g/mol. The molecule has 0 heterocycles. The number of hydrogen-bond donors (Lipinski definition) is 3. The van der Waals surface area contributed by atoms with Crippen LogP contribution in [0.2, 0.25) is 0 Å².